The fourth-order valence-electron chi connectivity index (χ4n) is 11.3. The van der Waals surface area contributed by atoms with Crippen molar-refractivity contribution >= 4 is 0 Å². The zero-order chi connectivity index (χ0) is 55.6. The van der Waals surface area contributed by atoms with Crippen LogP contribution in [-0.2, 0) is 5.41 Å². The summed E-state index contributed by atoms with van der Waals surface area (Å²) in [6.45, 7) is 50.6. The van der Waals surface area contributed by atoms with E-state index < -0.39 is 0 Å². The lowest BCUT2D eigenvalue weighted by atomic mass is 9.70. The van der Waals surface area contributed by atoms with Crippen LogP contribution >= 0.6 is 0 Å². The normalized spacial score (nSPS) is 12.2. The first-order valence-corrected chi connectivity index (χ1v) is 29.1. The summed E-state index contributed by atoms with van der Waals surface area (Å²) in [4.78, 5) is 28.6. The molecule has 0 spiro atoms. The minimum atomic E-state index is -0.0224. The number of nitriles is 4. The van der Waals surface area contributed by atoms with Gasteiger partial charge in [0.05, 0.1) is 50.5 Å². The van der Waals surface area contributed by atoms with Gasteiger partial charge in [-0.2, -0.15) is 21.0 Å². The third-order valence-corrected chi connectivity index (χ3v) is 15.4. The van der Waals surface area contributed by atoms with Crippen LogP contribution in [0.3, 0.4) is 0 Å². The van der Waals surface area contributed by atoms with Crippen molar-refractivity contribution in [2.45, 2.75) is 135 Å². The van der Waals surface area contributed by atoms with Crippen molar-refractivity contribution in [3.8, 4) is 35.4 Å². The lowest BCUT2D eigenvalue weighted by molar-refractivity contribution is 0.209. The van der Waals surface area contributed by atoms with Crippen LogP contribution in [-0.4, -0.2) is 173 Å². The Morgan fingerprint density at radius 1 is 0.351 bits per heavy atom. The molecule has 0 bridgehead atoms. The molecule has 14 nitrogen and oxygen atoms in total. The van der Waals surface area contributed by atoms with Gasteiger partial charge < -0.3 is 39.0 Å². The molecule has 0 aliphatic heterocycles. The maximum Gasteiger partial charge on any atom is 0.227 e. The van der Waals surface area contributed by atoms with Crippen molar-refractivity contribution in [3.05, 3.63) is 104 Å². The van der Waals surface area contributed by atoms with Crippen LogP contribution in [0, 0.1) is 85.5 Å². The van der Waals surface area contributed by atoms with E-state index in [0.717, 1.165) is 130 Å². The van der Waals surface area contributed by atoms with Crippen molar-refractivity contribution < 1.29 is 0 Å². The first kappa shape index (κ1) is 65.4. The fraction of sp³-hybridized carbons (Fsp3) is 0.683. The highest BCUT2D eigenvalue weighted by Gasteiger charge is 2.42. The van der Waals surface area contributed by atoms with Crippen molar-refractivity contribution in [2.24, 2.45) is 0 Å². The monoisotopic (exact) mass is 1040 g/mol. The first-order chi connectivity index (χ1) is 37.7. The molecule has 0 unspecified atom stereocenters. The van der Waals surface area contributed by atoms with E-state index >= 15 is 0 Å². The minimum absolute atomic E-state index is 0.0224. The van der Waals surface area contributed by atoms with Gasteiger partial charge in [0.15, 0.2) is 0 Å². The molecule has 0 fully saturated rings. The van der Waals surface area contributed by atoms with E-state index in [1.54, 1.807) is 0 Å². The molecule has 0 saturated carbocycles. The predicted molar refractivity (Wildman–Crippen MR) is 312 cm³/mol. The molecule has 77 heavy (non-hydrogen) atoms. The number of fused-ring (bicyclic) bond motifs is 3. The average molecular weight is 1050 g/mol. The number of hydrogen-bond donors (Lipinski definition) is 0. The molecular weight excluding hydrogens is 953 g/mol. The zero-order valence-electron chi connectivity index (χ0n) is 47.5. The van der Waals surface area contributed by atoms with Gasteiger partial charge in [-0.15, -0.1) is 0 Å². The molecule has 0 amide bonds. The third-order valence-electron chi connectivity index (χ3n) is 15.4. The van der Waals surface area contributed by atoms with Gasteiger partial charge in [0.2, 0.25) is 26.2 Å². The van der Waals surface area contributed by atoms with Crippen LogP contribution in [0.2, 0.25) is 0 Å². The smallest absolute Gasteiger partial charge is 0.227 e. The van der Waals surface area contributed by atoms with E-state index in [1.807, 2.05) is 0 Å². The number of aryl methyl sites for hydroxylation is 2. The zero-order valence-corrected chi connectivity index (χ0v) is 47.5. The molecule has 0 saturated heterocycles. The Bertz CT molecular complexity index is 1980. The van der Waals surface area contributed by atoms with Crippen molar-refractivity contribution in [3.63, 3.8) is 0 Å². The summed E-state index contributed by atoms with van der Waals surface area (Å²) in [7, 11) is 0. The van der Waals surface area contributed by atoms with Crippen molar-refractivity contribution in [2.75, 3.05) is 144 Å². The highest BCUT2D eigenvalue weighted by atomic mass is 15.2. The van der Waals surface area contributed by atoms with Gasteiger partial charge in [-0.05, 0) is 153 Å². The Kier molecular flexibility index (Phi) is 35.0. The molecule has 0 radical (unpaired) electrons. The fourth-order valence-corrected chi connectivity index (χ4v) is 11.3. The quantitative estimate of drug-likeness (QED) is 0.0466. The van der Waals surface area contributed by atoms with Crippen LogP contribution in [0.1, 0.15) is 138 Å². The standard InChI is InChI=1S/C63H92N14/c1-57-23-25-59-60-26-24-58(2)56-62(60)63(61(59)55-57,27-11-7-9-13-37-72(43-19-47-74(39-15-29-64)40-16-30-65)44-20-48-75(41-17-31-66)42-18-32-67)28-12-8-10-14-38-73(45-21-49-76(51-33-68-3)52-34-69-4)46-22-50-77(53-35-70-5)54-36-71-6/h23-26,55-56H,7-22,27-28,33-54H2,1-2H3. The lowest BCUT2D eigenvalue weighted by Crippen LogP contribution is -2.35. The molecule has 1 aliphatic rings. The van der Waals surface area contributed by atoms with Gasteiger partial charge in [0, 0.05) is 57.3 Å². The second-order valence-electron chi connectivity index (χ2n) is 21.1. The summed E-state index contributed by atoms with van der Waals surface area (Å²) < 4.78 is 0. The summed E-state index contributed by atoms with van der Waals surface area (Å²) >= 11 is 0. The molecule has 2 aromatic carbocycles. The van der Waals surface area contributed by atoms with Gasteiger partial charge in [-0.1, -0.05) is 86.1 Å². The molecule has 0 N–H and O–H groups in total. The van der Waals surface area contributed by atoms with Crippen LogP contribution in [0.4, 0.5) is 0 Å². The van der Waals surface area contributed by atoms with E-state index in [2.05, 4.69) is 123 Å². The van der Waals surface area contributed by atoms with E-state index in [0.29, 0.717) is 104 Å². The van der Waals surface area contributed by atoms with Gasteiger partial charge >= 0.3 is 0 Å². The summed E-state index contributed by atoms with van der Waals surface area (Å²) in [5.41, 5.74) is 8.43. The van der Waals surface area contributed by atoms with E-state index in [-0.39, 0.29) is 5.41 Å². The number of unbranched alkanes of at least 4 members (excludes halogenated alkanes) is 6. The molecule has 2 aromatic rings. The Labute approximate surface area is 467 Å². The highest BCUT2D eigenvalue weighted by molar-refractivity contribution is 5.81. The van der Waals surface area contributed by atoms with Crippen LogP contribution in [0.5, 0.6) is 0 Å². The van der Waals surface area contributed by atoms with Gasteiger partial charge in [0.25, 0.3) is 0 Å². The number of benzene rings is 2. The molecule has 0 aromatic heterocycles. The molecule has 1 aliphatic carbocycles. The maximum absolute atomic E-state index is 9.24. The topological polar surface area (TPSA) is 132 Å². The summed E-state index contributed by atoms with van der Waals surface area (Å²) in [6, 6.07) is 23.3. The van der Waals surface area contributed by atoms with Crippen LogP contribution in [0.15, 0.2) is 36.4 Å². The van der Waals surface area contributed by atoms with E-state index in [4.69, 9.17) is 26.3 Å². The van der Waals surface area contributed by atoms with Crippen LogP contribution in [0.25, 0.3) is 30.5 Å². The molecule has 14 heteroatoms. The predicted octanol–water partition coefficient (Wildman–Crippen LogP) is 11.2. The maximum atomic E-state index is 9.24. The number of rotatable bonds is 46. The second kappa shape index (κ2) is 41.2. The number of nitrogens with zero attached hydrogens (tertiary/aromatic N) is 14. The van der Waals surface area contributed by atoms with Gasteiger partial charge in [-0.3, -0.25) is 9.80 Å². The largest absolute Gasteiger partial charge is 0.316 e. The molecule has 0 heterocycles. The Hall–Kier alpha value is -5.88. The average Bonchev–Trinajstić information content (AvgIpc) is 3.81. The molecule has 414 valence electrons. The summed E-state index contributed by atoms with van der Waals surface area (Å²) in [5, 5.41) is 37.0. The van der Waals surface area contributed by atoms with Crippen molar-refractivity contribution in [1.29, 1.82) is 21.0 Å². The SMILES string of the molecule is [C-]#[N+]CCN(CCCN(CCCCCCC1(CCCCCCN(CCCN(CCC#N)CCC#N)CCCN(CCC#N)CCC#N)c2cc(C)ccc2-c2ccc(C)cc21)CCCN(CC[N+]#[C-])CC[N+]#[C-])CC[N+]#[C-]. The molecular formula is C63H92N14. The van der Waals surface area contributed by atoms with E-state index in [1.165, 1.54) is 59.1 Å². The van der Waals surface area contributed by atoms with Gasteiger partial charge in [0.1, 0.15) is 0 Å². The van der Waals surface area contributed by atoms with Crippen LogP contribution < -0.4 is 0 Å². The lowest BCUT2D eigenvalue weighted by Gasteiger charge is -2.33. The Morgan fingerprint density at radius 3 is 0.896 bits per heavy atom. The molecule has 0 atom stereocenters. The Morgan fingerprint density at radius 2 is 0.610 bits per heavy atom. The van der Waals surface area contributed by atoms with Gasteiger partial charge in [-0.25, -0.2) is 26.3 Å². The third kappa shape index (κ3) is 25.9. The molecule has 3 rings (SSSR count). The number of hydrogen-bond acceptors (Lipinski definition) is 10. The van der Waals surface area contributed by atoms with E-state index in [9.17, 15) is 21.0 Å². The minimum Gasteiger partial charge on any atom is -0.316 e. The summed E-state index contributed by atoms with van der Waals surface area (Å²) in [5.74, 6) is 0. The Balaban J connectivity index is 1.70. The second-order valence-corrected chi connectivity index (χ2v) is 21.1. The highest BCUT2D eigenvalue weighted by Crippen LogP contribution is 2.54. The van der Waals surface area contributed by atoms with Crippen molar-refractivity contribution in [1.82, 2.24) is 29.4 Å². The summed E-state index contributed by atoms with van der Waals surface area (Å²) in [6.07, 6.45) is 17.4. The first-order valence-electron chi connectivity index (χ1n) is 29.1.